The Morgan fingerprint density at radius 3 is 2.47 bits per heavy atom. The molecule has 0 fully saturated rings. The molecule has 1 heteroatoms. The Bertz CT molecular complexity index is 474. The molecule has 17 heavy (non-hydrogen) atoms. The van der Waals surface area contributed by atoms with Gasteiger partial charge in [-0.2, -0.15) is 0 Å². The molecule has 0 aliphatic heterocycles. The second-order valence-corrected chi connectivity index (χ2v) is 4.71. The smallest absolute Gasteiger partial charge is 0.0409 e. The Morgan fingerprint density at radius 2 is 1.76 bits per heavy atom. The van der Waals surface area contributed by atoms with E-state index in [9.17, 15) is 0 Å². The molecule has 0 N–H and O–H groups in total. The molecule has 0 bridgehead atoms. The van der Waals surface area contributed by atoms with Crippen molar-refractivity contribution in [3.63, 3.8) is 0 Å². The molecule has 2 rings (SSSR count). The molecule has 0 radical (unpaired) electrons. The minimum absolute atomic E-state index is 0.829. The van der Waals surface area contributed by atoms with Gasteiger partial charge in [-0.15, -0.1) is 0 Å². The molecule has 0 aromatic heterocycles. The van der Waals surface area contributed by atoms with Crippen LogP contribution in [0.15, 0.2) is 48.5 Å². The monoisotopic (exact) mass is 244 g/mol. The van der Waals surface area contributed by atoms with E-state index in [2.05, 4.69) is 43.3 Å². The fraction of sp³-hybridized carbons (Fsp3) is 0.250. The van der Waals surface area contributed by atoms with Gasteiger partial charge in [0.05, 0.1) is 0 Å². The molecular weight excluding hydrogens is 228 g/mol. The van der Waals surface area contributed by atoms with Gasteiger partial charge in [0.2, 0.25) is 0 Å². The van der Waals surface area contributed by atoms with Gasteiger partial charge in [-0.1, -0.05) is 61.3 Å². The average Bonchev–Trinajstić information content (AvgIpc) is 2.37. The third-order valence-electron chi connectivity index (χ3n) is 2.95. The summed E-state index contributed by atoms with van der Waals surface area (Å²) in [6.07, 6.45) is 3.52. The molecule has 2 aromatic carbocycles. The summed E-state index contributed by atoms with van der Waals surface area (Å²) in [6, 6.07) is 16.7. The summed E-state index contributed by atoms with van der Waals surface area (Å²) < 4.78 is 0. The van der Waals surface area contributed by atoms with E-state index in [4.69, 9.17) is 11.6 Å². The summed E-state index contributed by atoms with van der Waals surface area (Å²) in [6.45, 7) is 2.22. The number of rotatable bonds is 4. The summed E-state index contributed by atoms with van der Waals surface area (Å²) in [4.78, 5) is 0. The molecule has 0 spiro atoms. The molecule has 0 atom stereocenters. The van der Waals surface area contributed by atoms with Gasteiger partial charge in [0, 0.05) is 5.02 Å². The van der Waals surface area contributed by atoms with Crippen LogP contribution in [0, 0.1) is 0 Å². The number of benzene rings is 2. The summed E-state index contributed by atoms with van der Waals surface area (Å²) in [7, 11) is 0. The zero-order chi connectivity index (χ0) is 12.1. The van der Waals surface area contributed by atoms with Crippen molar-refractivity contribution >= 4 is 11.6 Å². The SMILES string of the molecule is CCCCc1cc(Cl)ccc1-c1ccccc1. The first-order chi connectivity index (χ1) is 8.31. The maximum Gasteiger partial charge on any atom is 0.0409 e. The van der Waals surface area contributed by atoms with Gasteiger partial charge in [-0.05, 0) is 41.7 Å². The Morgan fingerprint density at radius 1 is 1.00 bits per heavy atom. The number of unbranched alkanes of at least 4 members (excludes halogenated alkanes) is 1. The van der Waals surface area contributed by atoms with Gasteiger partial charge >= 0.3 is 0 Å². The highest BCUT2D eigenvalue weighted by atomic mass is 35.5. The molecule has 0 nitrogen and oxygen atoms in total. The highest BCUT2D eigenvalue weighted by Gasteiger charge is 2.05. The second kappa shape index (κ2) is 5.88. The van der Waals surface area contributed by atoms with Crippen LogP contribution in [0.5, 0.6) is 0 Å². The quantitative estimate of drug-likeness (QED) is 0.680. The van der Waals surface area contributed by atoms with Crippen molar-refractivity contribution in [1.82, 2.24) is 0 Å². The molecule has 2 aromatic rings. The molecule has 0 saturated heterocycles. The van der Waals surface area contributed by atoms with E-state index in [-0.39, 0.29) is 0 Å². The molecular formula is C16H17Cl. The second-order valence-electron chi connectivity index (χ2n) is 4.27. The lowest BCUT2D eigenvalue weighted by Crippen LogP contribution is -1.90. The molecule has 0 saturated carbocycles. The molecule has 0 amide bonds. The normalized spacial score (nSPS) is 10.5. The van der Waals surface area contributed by atoms with Crippen LogP contribution < -0.4 is 0 Å². The van der Waals surface area contributed by atoms with Crippen molar-refractivity contribution in [3.05, 3.63) is 59.1 Å². The highest BCUT2D eigenvalue weighted by Crippen LogP contribution is 2.27. The Balaban J connectivity index is 2.39. The molecule has 0 heterocycles. The first kappa shape index (κ1) is 12.2. The van der Waals surface area contributed by atoms with Crippen molar-refractivity contribution in [2.45, 2.75) is 26.2 Å². The van der Waals surface area contributed by atoms with Crippen LogP contribution in [0.2, 0.25) is 5.02 Å². The topological polar surface area (TPSA) is 0 Å². The predicted molar refractivity (Wildman–Crippen MR) is 75.5 cm³/mol. The standard InChI is InChI=1S/C16H17Cl/c1-2-3-7-14-12-15(17)10-11-16(14)13-8-5-4-6-9-13/h4-6,8-12H,2-3,7H2,1H3. The summed E-state index contributed by atoms with van der Waals surface area (Å²) in [5.74, 6) is 0. The van der Waals surface area contributed by atoms with Gasteiger partial charge in [0.25, 0.3) is 0 Å². The van der Waals surface area contributed by atoms with Crippen molar-refractivity contribution < 1.29 is 0 Å². The van der Waals surface area contributed by atoms with Crippen LogP contribution in [0.1, 0.15) is 25.3 Å². The minimum Gasteiger partial charge on any atom is -0.0843 e. The van der Waals surface area contributed by atoms with E-state index in [1.54, 1.807) is 0 Å². The lowest BCUT2D eigenvalue weighted by Gasteiger charge is -2.10. The third kappa shape index (κ3) is 3.10. The zero-order valence-corrected chi connectivity index (χ0v) is 10.9. The highest BCUT2D eigenvalue weighted by molar-refractivity contribution is 6.30. The van der Waals surface area contributed by atoms with Crippen LogP contribution in [-0.2, 0) is 6.42 Å². The van der Waals surface area contributed by atoms with E-state index in [0.29, 0.717) is 0 Å². The van der Waals surface area contributed by atoms with Crippen molar-refractivity contribution in [2.24, 2.45) is 0 Å². The number of hydrogen-bond acceptors (Lipinski definition) is 0. The Labute approximate surface area is 108 Å². The van der Waals surface area contributed by atoms with Gasteiger partial charge < -0.3 is 0 Å². The maximum absolute atomic E-state index is 6.08. The predicted octanol–water partition coefficient (Wildman–Crippen LogP) is 5.35. The van der Waals surface area contributed by atoms with E-state index >= 15 is 0 Å². The van der Waals surface area contributed by atoms with Gasteiger partial charge in [-0.3, -0.25) is 0 Å². The fourth-order valence-corrected chi connectivity index (χ4v) is 2.23. The van der Waals surface area contributed by atoms with Crippen LogP contribution in [-0.4, -0.2) is 0 Å². The molecule has 0 aliphatic rings. The largest absolute Gasteiger partial charge is 0.0843 e. The van der Waals surface area contributed by atoms with Crippen molar-refractivity contribution in [1.29, 1.82) is 0 Å². The Hall–Kier alpha value is -1.27. The molecule has 0 aliphatic carbocycles. The number of halogens is 1. The van der Waals surface area contributed by atoms with Crippen molar-refractivity contribution in [2.75, 3.05) is 0 Å². The summed E-state index contributed by atoms with van der Waals surface area (Å²) in [5, 5.41) is 0.829. The average molecular weight is 245 g/mol. The lowest BCUT2D eigenvalue weighted by molar-refractivity contribution is 0.796. The van der Waals surface area contributed by atoms with Gasteiger partial charge in [0.15, 0.2) is 0 Å². The number of hydrogen-bond donors (Lipinski definition) is 0. The van der Waals surface area contributed by atoms with E-state index < -0.39 is 0 Å². The number of aryl methyl sites for hydroxylation is 1. The van der Waals surface area contributed by atoms with Gasteiger partial charge in [0.1, 0.15) is 0 Å². The summed E-state index contributed by atoms with van der Waals surface area (Å²) >= 11 is 6.08. The van der Waals surface area contributed by atoms with Crippen LogP contribution in [0.25, 0.3) is 11.1 Å². The van der Waals surface area contributed by atoms with Crippen molar-refractivity contribution in [3.8, 4) is 11.1 Å². The molecule has 88 valence electrons. The van der Waals surface area contributed by atoms with E-state index in [1.807, 2.05) is 12.1 Å². The first-order valence-electron chi connectivity index (χ1n) is 6.15. The fourth-order valence-electron chi connectivity index (χ4n) is 2.04. The maximum atomic E-state index is 6.08. The first-order valence-corrected chi connectivity index (χ1v) is 6.53. The van der Waals surface area contributed by atoms with Crippen LogP contribution in [0.3, 0.4) is 0 Å². The van der Waals surface area contributed by atoms with Gasteiger partial charge in [-0.25, -0.2) is 0 Å². The molecule has 0 unspecified atom stereocenters. The Kier molecular flexibility index (Phi) is 4.22. The summed E-state index contributed by atoms with van der Waals surface area (Å²) in [5.41, 5.74) is 3.93. The van der Waals surface area contributed by atoms with Crippen LogP contribution >= 0.6 is 11.6 Å². The zero-order valence-electron chi connectivity index (χ0n) is 10.1. The van der Waals surface area contributed by atoms with E-state index in [1.165, 1.54) is 29.5 Å². The van der Waals surface area contributed by atoms with Crippen LogP contribution in [0.4, 0.5) is 0 Å². The lowest BCUT2D eigenvalue weighted by atomic mass is 9.96. The minimum atomic E-state index is 0.829. The van der Waals surface area contributed by atoms with E-state index in [0.717, 1.165) is 11.4 Å². The third-order valence-corrected chi connectivity index (χ3v) is 3.19.